The lowest BCUT2D eigenvalue weighted by Crippen LogP contribution is -2.36. The van der Waals surface area contributed by atoms with Gasteiger partial charge in [0.15, 0.2) is 0 Å². The van der Waals surface area contributed by atoms with Gasteiger partial charge in [0.05, 0.1) is 0 Å². The van der Waals surface area contributed by atoms with E-state index in [1.165, 1.54) is 35.2 Å². The molecule has 1 N–H and O–H groups in total. The van der Waals surface area contributed by atoms with Crippen LogP contribution in [0.3, 0.4) is 0 Å². The lowest BCUT2D eigenvalue weighted by atomic mass is 10.0. The maximum Gasteiger partial charge on any atom is 0.0325 e. The second-order valence-corrected chi connectivity index (χ2v) is 6.93. The Hall–Kier alpha value is 0.1000. The van der Waals surface area contributed by atoms with Crippen LogP contribution in [0.15, 0.2) is 15.9 Å². The molecule has 1 aliphatic carbocycles. The first-order chi connectivity index (χ1) is 8.19. The Balaban J connectivity index is 1.82. The largest absolute Gasteiger partial charge is 0.317 e. The third-order valence-corrected chi connectivity index (χ3v) is 5.31. The van der Waals surface area contributed by atoms with Gasteiger partial charge in [-0.1, -0.05) is 6.42 Å². The number of thiophene rings is 1. The topological polar surface area (TPSA) is 15.3 Å². The van der Waals surface area contributed by atoms with Crippen LogP contribution >= 0.6 is 27.3 Å². The summed E-state index contributed by atoms with van der Waals surface area (Å²) in [7, 11) is 4.33. The fourth-order valence-corrected chi connectivity index (χ4v) is 4.33. The molecule has 2 atom stereocenters. The van der Waals surface area contributed by atoms with Gasteiger partial charge in [-0.3, -0.25) is 0 Å². The zero-order valence-electron chi connectivity index (χ0n) is 10.6. The summed E-state index contributed by atoms with van der Waals surface area (Å²) in [5.74, 6) is 0.827. The van der Waals surface area contributed by atoms with Crippen molar-refractivity contribution in [1.82, 2.24) is 10.2 Å². The lowest BCUT2D eigenvalue weighted by Gasteiger charge is -2.25. The van der Waals surface area contributed by atoms with Crippen molar-refractivity contribution in [2.24, 2.45) is 5.92 Å². The Morgan fingerprint density at radius 2 is 2.35 bits per heavy atom. The van der Waals surface area contributed by atoms with E-state index in [0.717, 1.165) is 18.5 Å². The maximum atomic E-state index is 3.51. The second-order valence-electron chi connectivity index (χ2n) is 5.01. The van der Waals surface area contributed by atoms with Gasteiger partial charge in [-0.05, 0) is 54.9 Å². The monoisotopic (exact) mass is 316 g/mol. The maximum absolute atomic E-state index is 3.51. The van der Waals surface area contributed by atoms with Crippen LogP contribution in [0.1, 0.15) is 24.1 Å². The van der Waals surface area contributed by atoms with Gasteiger partial charge in [0, 0.05) is 33.9 Å². The molecule has 1 aromatic rings. The zero-order valence-corrected chi connectivity index (χ0v) is 13.0. The van der Waals surface area contributed by atoms with Gasteiger partial charge in [-0.25, -0.2) is 0 Å². The molecule has 4 heteroatoms. The predicted octanol–water partition coefficient (Wildman–Crippen LogP) is 3.33. The van der Waals surface area contributed by atoms with Crippen LogP contribution in [0, 0.1) is 5.92 Å². The fraction of sp³-hybridized carbons (Fsp3) is 0.692. The van der Waals surface area contributed by atoms with E-state index >= 15 is 0 Å². The van der Waals surface area contributed by atoms with E-state index in [4.69, 9.17) is 0 Å². The summed E-state index contributed by atoms with van der Waals surface area (Å²) in [4.78, 5) is 3.90. The van der Waals surface area contributed by atoms with Crippen LogP contribution < -0.4 is 5.32 Å². The molecule has 1 heterocycles. The van der Waals surface area contributed by atoms with Crippen molar-refractivity contribution in [3.05, 3.63) is 20.8 Å². The number of halogens is 1. The molecule has 0 bridgehead atoms. The molecular weight excluding hydrogens is 296 g/mol. The predicted molar refractivity (Wildman–Crippen MR) is 78.5 cm³/mol. The molecule has 0 saturated heterocycles. The minimum atomic E-state index is 0.729. The average Bonchev–Trinajstić information content (AvgIpc) is 2.87. The highest BCUT2D eigenvalue weighted by molar-refractivity contribution is 9.10. The average molecular weight is 317 g/mol. The highest BCUT2D eigenvalue weighted by atomic mass is 79.9. The molecule has 0 aliphatic heterocycles. The SMILES string of the molecule is CNC1CCCC1CN(C)Cc1cc(Br)cs1. The molecule has 2 nitrogen and oxygen atoms in total. The van der Waals surface area contributed by atoms with Crippen molar-refractivity contribution in [1.29, 1.82) is 0 Å². The Kier molecular flexibility index (Phi) is 5.03. The molecule has 0 aromatic carbocycles. The van der Waals surface area contributed by atoms with Crippen molar-refractivity contribution in [3.63, 3.8) is 0 Å². The summed E-state index contributed by atoms with van der Waals surface area (Å²) in [6, 6.07) is 2.96. The third kappa shape index (κ3) is 3.78. The van der Waals surface area contributed by atoms with Gasteiger partial charge in [0.1, 0.15) is 0 Å². The number of hydrogen-bond acceptors (Lipinski definition) is 3. The summed E-state index contributed by atoms with van der Waals surface area (Å²) in [6.07, 6.45) is 4.11. The Morgan fingerprint density at radius 1 is 1.53 bits per heavy atom. The van der Waals surface area contributed by atoms with Crippen molar-refractivity contribution in [2.75, 3.05) is 20.6 Å². The van der Waals surface area contributed by atoms with Crippen LogP contribution in [0.2, 0.25) is 0 Å². The fourth-order valence-electron chi connectivity index (χ4n) is 2.80. The van der Waals surface area contributed by atoms with Crippen LogP contribution in [0.25, 0.3) is 0 Å². The smallest absolute Gasteiger partial charge is 0.0325 e. The van der Waals surface area contributed by atoms with Crippen molar-refractivity contribution < 1.29 is 0 Å². The summed E-state index contributed by atoms with van der Waals surface area (Å²) < 4.78 is 1.21. The van der Waals surface area contributed by atoms with Crippen molar-refractivity contribution >= 4 is 27.3 Å². The molecular formula is C13H21BrN2S. The van der Waals surface area contributed by atoms with Gasteiger partial charge in [-0.2, -0.15) is 0 Å². The molecule has 1 aliphatic rings. The van der Waals surface area contributed by atoms with Crippen molar-refractivity contribution in [3.8, 4) is 0 Å². The first-order valence-corrected chi connectivity index (χ1v) is 7.95. The van der Waals surface area contributed by atoms with E-state index in [1.54, 1.807) is 0 Å². The Bertz CT molecular complexity index is 353. The van der Waals surface area contributed by atoms with E-state index in [2.05, 4.69) is 51.7 Å². The number of hydrogen-bond donors (Lipinski definition) is 1. The van der Waals surface area contributed by atoms with Crippen LogP contribution in [0.5, 0.6) is 0 Å². The molecule has 1 aromatic heterocycles. The minimum Gasteiger partial charge on any atom is -0.317 e. The molecule has 0 radical (unpaired) electrons. The highest BCUT2D eigenvalue weighted by Crippen LogP contribution is 2.27. The molecule has 0 spiro atoms. The molecule has 96 valence electrons. The van der Waals surface area contributed by atoms with E-state index < -0.39 is 0 Å². The standard InChI is InChI=1S/C13H21BrN2S/c1-15-13-5-3-4-10(13)7-16(2)8-12-6-11(14)9-17-12/h6,9-10,13,15H,3-5,7-8H2,1-2H3. The highest BCUT2D eigenvalue weighted by Gasteiger charge is 2.26. The van der Waals surface area contributed by atoms with Crippen LogP contribution in [0.4, 0.5) is 0 Å². The van der Waals surface area contributed by atoms with E-state index in [9.17, 15) is 0 Å². The summed E-state index contributed by atoms with van der Waals surface area (Å²) in [6.45, 7) is 2.28. The van der Waals surface area contributed by atoms with E-state index in [-0.39, 0.29) is 0 Å². The molecule has 1 fully saturated rings. The Labute approximate surface area is 117 Å². The first-order valence-electron chi connectivity index (χ1n) is 6.27. The van der Waals surface area contributed by atoms with Crippen LogP contribution in [-0.2, 0) is 6.54 Å². The molecule has 2 rings (SSSR count). The van der Waals surface area contributed by atoms with Gasteiger partial charge in [-0.15, -0.1) is 11.3 Å². The first kappa shape index (κ1) is 13.5. The molecule has 2 unspecified atom stereocenters. The minimum absolute atomic E-state index is 0.729. The zero-order chi connectivity index (χ0) is 12.3. The second kappa shape index (κ2) is 6.32. The summed E-state index contributed by atoms with van der Waals surface area (Å²) in [5.41, 5.74) is 0. The van der Waals surface area contributed by atoms with Gasteiger partial charge < -0.3 is 10.2 Å². The number of nitrogens with zero attached hydrogens (tertiary/aromatic N) is 1. The number of rotatable bonds is 5. The Morgan fingerprint density at radius 3 is 3.00 bits per heavy atom. The van der Waals surface area contributed by atoms with E-state index in [0.29, 0.717) is 0 Å². The quantitative estimate of drug-likeness (QED) is 0.896. The lowest BCUT2D eigenvalue weighted by molar-refractivity contribution is 0.250. The van der Waals surface area contributed by atoms with Crippen LogP contribution in [-0.4, -0.2) is 31.6 Å². The van der Waals surface area contributed by atoms with Gasteiger partial charge in [0.2, 0.25) is 0 Å². The normalized spacial score (nSPS) is 24.7. The molecule has 1 saturated carbocycles. The van der Waals surface area contributed by atoms with Gasteiger partial charge in [0.25, 0.3) is 0 Å². The molecule has 0 amide bonds. The molecule has 17 heavy (non-hydrogen) atoms. The summed E-state index contributed by atoms with van der Waals surface area (Å²) >= 11 is 5.35. The van der Waals surface area contributed by atoms with Crippen molar-refractivity contribution in [2.45, 2.75) is 31.8 Å². The number of nitrogens with one attached hydrogen (secondary N) is 1. The van der Waals surface area contributed by atoms with Gasteiger partial charge >= 0.3 is 0 Å². The third-order valence-electron chi connectivity index (χ3n) is 3.62. The summed E-state index contributed by atoms with van der Waals surface area (Å²) in [5, 5.41) is 5.62. The van der Waals surface area contributed by atoms with E-state index in [1.807, 2.05) is 11.3 Å².